The maximum atomic E-state index is 11.1. The molecule has 0 aliphatic carbocycles. The van der Waals surface area contributed by atoms with Gasteiger partial charge < -0.3 is 16.8 Å². The number of primary amides is 1. The minimum Gasteiger partial charge on any atom is -0.368 e. The van der Waals surface area contributed by atoms with Crippen molar-refractivity contribution in [1.29, 1.82) is 0 Å². The number of rotatable bonds is 3. The van der Waals surface area contributed by atoms with Crippen molar-refractivity contribution in [3.05, 3.63) is 10.7 Å². The number of nitrogen functional groups attached to an aromatic ring is 1. The molecule has 0 aliphatic rings. The predicted molar refractivity (Wildman–Crippen MR) is 61.0 cm³/mol. The predicted octanol–water partition coefficient (Wildman–Crippen LogP) is 0.497. The average molecular weight is 274 g/mol. The number of halogens is 1. The van der Waals surface area contributed by atoms with Gasteiger partial charge in [0, 0.05) is 6.20 Å². The first-order valence-electron chi connectivity index (χ1n) is 4.19. The number of aromatic nitrogens is 2. The van der Waals surface area contributed by atoms with Crippen LogP contribution in [0.2, 0.25) is 0 Å². The second kappa shape index (κ2) is 4.01. The molecule has 0 aromatic carbocycles. The Balaban J connectivity index is 2.99. The van der Waals surface area contributed by atoms with E-state index < -0.39 is 11.4 Å². The summed E-state index contributed by atoms with van der Waals surface area (Å²) in [5, 5.41) is 2.87. The molecule has 1 heterocycles. The summed E-state index contributed by atoms with van der Waals surface area (Å²) in [4.78, 5) is 18.8. The lowest BCUT2D eigenvalue weighted by molar-refractivity contribution is -0.121. The van der Waals surface area contributed by atoms with Crippen LogP contribution in [-0.4, -0.2) is 21.4 Å². The molecule has 7 heteroatoms. The van der Waals surface area contributed by atoms with Crippen molar-refractivity contribution in [3.8, 4) is 0 Å². The molecule has 0 saturated carbocycles. The molecule has 0 unspecified atom stereocenters. The molecular formula is C8H12BrN5O. The minimum absolute atomic E-state index is 0.126. The van der Waals surface area contributed by atoms with Gasteiger partial charge in [0.05, 0.1) is 4.47 Å². The molecule has 15 heavy (non-hydrogen) atoms. The fraction of sp³-hybridized carbons (Fsp3) is 0.375. The van der Waals surface area contributed by atoms with Crippen molar-refractivity contribution in [3.63, 3.8) is 0 Å². The normalized spacial score (nSPS) is 11.1. The molecule has 0 atom stereocenters. The Morgan fingerprint density at radius 3 is 2.73 bits per heavy atom. The Kier molecular flexibility index (Phi) is 3.13. The quantitative estimate of drug-likeness (QED) is 0.743. The zero-order valence-corrected chi connectivity index (χ0v) is 10.00. The molecule has 0 spiro atoms. The number of amides is 1. The van der Waals surface area contributed by atoms with Crippen molar-refractivity contribution >= 4 is 33.6 Å². The number of hydrogen-bond acceptors (Lipinski definition) is 5. The highest BCUT2D eigenvalue weighted by molar-refractivity contribution is 9.10. The smallest absolute Gasteiger partial charge is 0.242 e. The van der Waals surface area contributed by atoms with Crippen molar-refractivity contribution in [1.82, 2.24) is 9.97 Å². The van der Waals surface area contributed by atoms with Gasteiger partial charge in [-0.3, -0.25) is 4.79 Å². The number of nitrogens with one attached hydrogen (secondary N) is 1. The Bertz CT molecular complexity index is 393. The summed E-state index contributed by atoms with van der Waals surface area (Å²) < 4.78 is 0.617. The fourth-order valence-electron chi connectivity index (χ4n) is 0.826. The van der Waals surface area contributed by atoms with Crippen LogP contribution in [0.25, 0.3) is 0 Å². The van der Waals surface area contributed by atoms with Gasteiger partial charge in [0.15, 0.2) is 0 Å². The molecule has 0 fully saturated rings. The summed E-state index contributed by atoms with van der Waals surface area (Å²) >= 11 is 3.24. The maximum absolute atomic E-state index is 11.1. The number of anilines is 2. The van der Waals surface area contributed by atoms with E-state index in [1.165, 1.54) is 6.20 Å². The standard InChI is InChI=1S/C8H12BrN5O/c1-8(2,6(10)15)14-5-4(9)3-12-7(11)13-5/h3H,1-2H3,(H2,10,15)(H3,11,12,13,14). The van der Waals surface area contributed by atoms with Crippen LogP contribution in [0.1, 0.15) is 13.8 Å². The summed E-state index contributed by atoms with van der Waals surface area (Å²) in [6, 6.07) is 0. The molecule has 5 N–H and O–H groups in total. The molecule has 1 rings (SSSR count). The molecule has 1 aromatic heterocycles. The van der Waals surface area contributed by atoms with Gasteiger partial charge in [0.2, 0.25) is 11.9 Å². The average Bonchev–Trinajstić information content (AvgIpc) is 2.10. The number of nitrogens with two attached hydrogens (primary N) is 2. The van der Waals surface area contributed by atoms with Crippen LogP contribution in [-0.2, 0) is 4.79 Å². The van der Waals surface area contributed by atoms with Crippen molar-refractivity contribution in [2.24, 2.45) is 5.73 Å². The lowest BCUT2D eigenvalue weighted by Gasteiger charge is -2.23. The highest BCUT2D eigenvalue weighted by Gasteiger charge is 2.25. The van der Waals surface area contributed by atoms with E-state index >= 15 is 0 Å². The zero-order chi connectivity index (χ0) is 11.6. The third-order valence-electron chi connectivity index (χ3n) is 1.81. The Morgan fingerprint density at radius 1 is 1.60 bits per heavy atom. The Labute approximate surface area is 95.6 Å². The molecular weight excluding hydrogens is 262 g/mol. The van der Waals surface area contributed by atoms with Crippen LogP contribution in [0.3, 0.4) is 0 Å². The van der Waals surface area contributed by atoms with Crippen molar-refractivity contribution < 1.29 is 4.79 Å². The van der Waals surface area contributed by atoms with Gasteiger partial charge in [0.25, 0.3) is 0 Å². The zero-order valence-electron chi connectivity index (χ0n) is 8.41. The SMILES string of the molecule is CC(C)(Nc1nc(N)ncc1Br)C(N)=O. The summed E-state index contributed by atoms with van der Waals surface area (Å²) in [6.07, 6.45) is 1.50. The molecule has 0 saturated heterocycles. The van der Waals surface area contributed by atoms with Crippen LogP contribution in [0.4, 0.5) is 11.8 Å². The number of hydrogen-bond donors (Lipinski definition) is 3. The number of carbonyl (C=O) groups is 1. The van der Waals surface area contributed by atoms with E-state index in [-0.39, 0.29) is 5.95 Å². The van der Waals surface area contributed by atoms with Crippen molar-refractivity contribution in [2.45, 2.75) is 19.4 Å². The summed E-state index contributed by atoms with van der Waals surface area (Å²) in [6.45, 7) is 3.31. The summed E-state index contributed by atoms with van der Waals surface area (Å²) in [5.74, 6) is 0.0823. The first kappa shape index (κ1) is 11.7. The van der Waals surface area contributed by atoms with E-state index in [4.69, 9.17) is 11.5 Å². The van der Waals surface area contributed by atoms with Crippen LogP contribution < -0.4 is 16.8 Å². The fourth-order valence-corrected chi connectivity index (χ4v) is 1.12. The molecule has 82 valence electrons. The van der Waals surface area contributed by atoms with E-state index in [0.29, 0.717) is 10.3 Å². The minimum atomic E-state index is -0.899. The highest BCUT2D eigenvalue weighted by Crippen LogP contribution is 2.22. The number of nitrogens with zero attached hydrogens (tertiary/aromatic N) is 2. The van der Waals surface area contributed by atoms with Gasteiger partial charge in [-0.15, -0.1) is 0 Å². The topological polar surface area (TPSA) is 107 Å². The van der Waals surface area contributed by atoms with Gasteiger partial charge in [-0.05, 0) is 29.8 Å². The van der Waals surface area contributed by atoms with Gasteiger partial charge in [-0.1, -0.05) is 0 Å². The molecule has 0 radical (unpaired) electrons. The lowest BCUT2D eigenvalue weighted by Crippen LogP contribution is -2.45. The molecule has 6 nitrogen and oxygen atoms in total. The second-order valence-electron chi connectivity index (χ2n) is 3.54. The Morgan fingerprint density at radius 2 is 2.20 bits per heavy atom. The third-order valence-corrected chi connectivity index (χ3v) is 2.39. The summed E-state index contributed by atoms with van der Waals surface area (Å²) in [7, 11) is 0. The first-order valence-corrected chi connectivity index (χ1v) is 4.98. The van der Waals surface area contributed by atoms with E-state index in [9.17, 15) is 4.79 Å². The van der Waals surface area contributed by atoms with Crippen molar-refractivity contribution in [2.75, 3.05) is 11.1 Å². The third kappa shape index (κ3) is 2.79. The first-order chi connectivity index (χ1) is 6.83. The Hall–Kier alpha value is -1.37. The largest absolute Gasteiger partial charge is 0.368 e. The molecule has 0 bridgehead atoms. The lowest BCUT2D eigenvalue weighted by atomic mass is 10.1. The maximum Gasteiger partial charge on any atom is 0.242 e. The molecule has 0 aliphatic heterocycles. The summed E-state index contributed by atoms with van der Waals surface area (Å²) in [5.41, 5.74) is 9.74. The highest BCUT2D eigenvalue weighted by atomic mass is 79.9. The van der Waals surface area contributed by atoms with E-state index in [1.807, 2.05) is 0 Å². The van der Waals surface area contributed by atoms with Crippen LogP contribution in [0.5, 0.6) is 0 Å². The molecule has 1 aromatic rings. The second-order valence-corrected chi connectivity index (χ2v) is 4.39. The van der Waals surface area contributed by atoms with Crippen LogP contribution in [0, 0.1) is 0 Å². The monoisotopic (exact) mass is 273 g/mol. The van der Waals surface area contributed by atoms with Gasteiger partial charge in [-0.25, -0.2) is 4.98 Å². The molecule has 1 amide bonds. The van der Waals surface area contributed by atoms with E-state index in [2.05, 4.69) is 31.2 Å². The van der Waals surface area contributed by atoms with E-state index in [1.54, 1.807) is 13.8 Å². The van der Waals surface area contributed by atoms with Gasteiger partial charge >= 0.3 is 0 Å². The van der Waals surface area contributed by atoms with Gasteiger partial charge in [-0.2, -0.15) is 4.98 Å². The number of carbonyl (C=O) groups excluding carboxylic acids is 1. The van der Waals surface area contributed by atoms with Crippen LogP contribution >= 0.6 is 15.9 Å². The van der Waals surface area contributed by atoms with Crippen LogP contribution in [0.15, 0.2) is 10.7 Å². The van der Waals surface area contributed by atoms with Gasteiger partial charge in [0.1, 0.15) is 11.4 Å². The van der Waals surface area contributed by atoms with E-state index in [0.717, 1.165) is 0 Å².